The van der Waals surface area contributed by atoms with Gasteiger partial charge in [-0.05, 0) is 78.2 Å². The number of nitrogens with zero attached hydrogens (tertiary/aromatic N) is 7. The van der Waals surface area contributed by atoms with Gasteiger partial charge in [-0.2, -0.15) is 35.5 Å². The van der Waals surface area contributed by atoms with Crippen molar-refractivity contribution in [1.29, 1.82) is 0 Å². The molecule has 0 bridgehead atoms. The summed E-state index contributed by atoms with van der Waals surface area (Å²) in [4.78, 5) is 7.89. The van der Waals surface area contributed by atoms with Crippen LogP contribution in [-0.2, 0) is 30.4 Å². The second-order valence-corrected chi connectivity index (χ2v) is 16.5. The molecule has 317 valence electrons. The molecule has 23 nitrogen and oxygen atoms in total. The molecule has 0 aliphatic heterocycles. The van der Waals surface area contributed by atoms with Crippen molar-refractivity contribution in [2.24, 2.45) is 30.7 Å². The number of nitro benzene ring substituents is 1. The van der Waals surface area contributed by atoms with E-state index in [0.29, 0.717) is 17.9 Å². The molecule has 0 aromatic heterocycles. The summed E-state index contributed by atoms with van der Waals surface area (Å²) in [5, 5.41) is 70.2. The first-order chi connectivity index (χ1) is 28.6. The van der Waals surface area contributed by atoms with Crippen LogP contribution in [0.2, 0.25) is 0 Å². The van der Waals surface area contributed by atoms with Crippen LogP contribution in [0.3, 0.4) is 0 Å². The predicted molar refractivity (Wildman–Crippen MR) is 230 cm³/mol. The number of nitro groups is 1. The molecule has 6 aromatic carbocycles. The van der Waals surface area contributed by atoms with Crippen molar-refractivity contribution >= 4 is 181 Å². The standard InChI is InChI=1S/C35H26N8O15S3.3Na/c1-58-23-9-6-21(7-10-23)38-42-33-34(45)28(40-37-20-4-2-19(3-5-20)36-26-11-8-22(43(47)48)14-31(26)61(55,56)57)17-29(35(33)46)41-39-27-15-24(59(49,50)51)12-18-13-25(60(52,53)54)16-30(44)32(18)27;;;/h2-17,36,44-46H,1H3,(H,49,50,51)(H,52,53,54)(H,55,56,57);;;. The summed E-state index contributed by atoms with van der Waals surface area (Å²) in [5.74, 6) is -1.96. The fraction of sp³-hybridized carbons (Fsp3) is 0.0286. The minimum Gasteiger partial charge on any atom is -0.507 e. The van der Waals surface area contributed by atoms with Gasteiger partial charge in [-0.25, -0.2) is 0 Å². The third kappa shape index (κ3) is 12.9. The van der Waals surface area contributed by atoms with Crippen LogP contribution in [0.15, 0.2) is 142 Å². The van der Waals surface area contributed by atoms with Gasteiger partial charge in [0.05, 0.1) is 50.0 Å². The van der Waals surface area contributed by atoms with Crippen LogP contribution in [0, 0.1) is 10.1 Å². The zero-order valence-corrected chi connectivity index (χ0v) is 41.9. The van der Waals surface area contributed by atoms with Crippen molar-refractivity contribution in [3.63, 3.8) is 0 Å². The van der Waals surface area contributed by atoms with Crippen molar-refractivity contribution < 1.29 is 63.9 Å². The quantitative estimate of drug-likeness (QED) is 0.0194. The van der Waals surface area contributed by atoms with Crippen molar-refractivity contribution in [3.8, 4) is 23.0 Å². The molecule has 64 heavy (non-hydrogen) atoms. The molecule has 0 amide bonds. The number of aromatic hydroxyl groups is 3. The maximum Gasteiger partial charge on any atom is 0.296 e. The molecule has 0 atom stereocenters. The Morgan fingerprint density at radius 3 is 1.61 bits per heavy atom. The summed E-state index contributed by atoms with van der Waals surface area (Å²) in [6.07, 6.45) is 0. The van der Waals surface area contributed by atoms with Crippen LogP contribution >= 0.6 is 0 Å². The number of hydrogen-bond donors (Lipinski definition) is 7. The Kier molecular flexibility index (Phi) is 18.2. The summed E-state index contributed by atoms with van der Waals surface area (Å²) >= 11 is 0. The fourth-order valence-electron chi connectivity index (χ4n) is 5.35. The number of hydrogen-bond acceptors (Lipinski definition) is 19. The molecule has 0 fully saturated rings. The zero-order valence-electron chi connectivity index (χ0n) is 33.5. The van der Waals surface area contributed by atoms with Crippen LogP contribution in [0.5, 0.6) is 23.0 Å². The van der Waals surface area contributed by atoms with Crippen molar-refractivity contribution in [2.45, 2.75) is 14.7 Å². The third-order valence-electron chi connectivity index (χ3n) is 8.23. The Balaban J connectivity index is 0.00000363. The van der Waals surface area contributed by atoms with E-state index in [1.165, 1.54) is 43.5 Å². The first kappa shape index (κ1) is 53.8. The van der Waals surface area contributed by atoms with E-state index < -0.39 is 95.6 Å². The monoisotopic (exact) mass is 963 g/mol. The van der Waals surface area contributed by atoms with E-state index in [1.54, 1.807) is 12.1 Å². The van der Waals surface area contributed by atoms with E-state index in [9.17, 15) is 64.3 Å². The van der Waals surface area contributed by atoms with Crippen LogP contribution in [0.1, 0.15) is 0 Å². The van der Waals surface area contributed by atoms with Crippen LogP contribution in [0.25, 0.3) is 10.8 Å². The number of non-ortho nitro benzene ring substituents is 1. The second-order valence-electron chi connectivity index (χ2n) is 12.3. The van der Waals surface area contributed by atoms with Crippen LogP contribution in [-0.4, -0.2) is 155 Å². The second kappa shape index (κ2) is 21.7. The van der Waals surface area contributed by atoms with Crippen molar-refractivity contribution in [3.05, 3.63) is 107 Å². The van der Waals surface area contributed by atoms with Gasteiger partial charge in [-0.15, -0.1) is 20.5 Å². The molecule has 0 aliphatic rings. The number of methoxy groups -OCH3 is 1. The molecule has 0 saturated heterocycles. The van der Waals surface area contributed by atoms with Gasteiger partial charge in [0.25, 0.3) is 36.0 Å². The Hall–Kier alpha value is -4.49. The molecule has 0 heterocycles. The maximum absolute atomic E-state index is 12.1. The summed E-state index contributed by atoms with van der Waals surface area (Å²) in [6, 6.07) is 18.4. The summed E-state index contributed by atoms with van der Waals surface area (Å²) in [5.41, 5.74) is -2.21. The predicted octanol–water partition coefficient (Wildman–Crippen LogP) is 7.46. The van der Waals surface area contributed by atoms with Gasteiger partial charge >= 0.3 is 0 Å². The fourth-order valence-corrected chi connectivity index (χ4v) is 7.09. The summed E-state index contributed by atoms with van der Waals surface area (Å²) < 4.78 is 106. The van der Waals surface area contributed by atoms with Gasteiger partial charge in [0.15, 0.2) is 17.2 Å². The molecule has 0 saturated carbocycles. The molecule has 29 heteroatoms. The van der Waals surface area contributed by atoms with Gasteiger partial charge < -0.3 is 25.4 Å². The molecule has 7 N–H and O–H groups in total. The Morgan fingerprint density at radius 1 is 0.594 bits per heavy atom. The van der Waals surface area contributed by atoms with E-state index in [2.05, 4.69) is 36.0 Å². The topological polar surface area (TPSA) is 362 Å². The first-order valence-electron chi connectivity index (χ1n) is 16.5. The average Bonchev–Trinajstić information content (AvgIpc) is 3.19. The maximum atomic E-state index is 12.1. The van der Waals surface area contributed by atoms with E-state index in [-0.39, 0.29) is 122 Å². The van der Waals surface area contributed by atoms with Gasteiger partial charge in [-0.1, -0.05) is 0 Å². The van der Waals surface area contributed by atoms with E-state index in [0.717, 1.165) is 36.4 Å². The zero-order chi connectivity index (χ0) is 44.4. The number of fused-ring (bicyclic) bond motifs is 1. The van der Waals surface area contributed by atoms with Crippen molar-refractivity contribution in [1.82, 2.24) is 0 Å². The number of anilines is 2. The molecule has 3 radical (unpaired) electrons. The van der Waals surface area contributed by atoms with Gasteiger partial charge in [0.2, 0.25) is 0 Å². The molecule has 0 unspecified atom stereocenters. The van der Waals surface area contributed by atoms with Crippen molar-refractivity contribution in [2.75, 3.05) is 12.4 Å². The Morgan fingerprint density at radius 2 is 1.09 bits per heavy atom. The SMILES string of the molecule is COc1ccc(N=Nc2c(O)c(N=Nc3ccc(Nc4ccc([N+](=O)[O-])cc4S(=O)(=O)O)cc3)cc(N=Nc3cc(S(=O)(=O)O)cc4cc(S(=O)(=O)O)cc(O)c34)c2O)cc1.[Na].[Na].[Na]. The number of ether oxygens (including phenoxy) is 1. The minimum atomic E-state index is -4.99. The minimum absolute atomic E-state index is 0. The smallest absolute Gasteiger partial charge is 0.296 e. The van der Waals surface area contributed by atoms with Crippen LogP contribution < -0.4 is 10.1 Å². The van der Waals surface area contributed by atoms with Gasteiger partial charge in [-0.3, -0.25) is 23.8 Å². The normalized spacial score (nSPS) is 11.9. The third-order valence-corrected chi connectivity index (χ3v) is 10.8. The number of azo groups is 3. The molecular weight excluding hydrogens is 938 g/mol. The van der Waals surface area contributed by atoms with Gasteiger partial charge in [0, 0.05) is 119 Å². The molecule has 6 aromatic rings. The molecule has 0 aliphatic carbocycles. The van der Waals surface area contributed by atoms with Crippen LogP contribution in [0.4, 0.5) is 51.2 Å². The summed E-state index contributed by atoms with van der Waals surface area (Å²) in [6.45, 7) is 0. The molecule has 0 spiro atoms. The van der Waals surface area contributed by atoms with Gasteiger partial charge in [0.1, 0.15) is 27.8 Å². The number of phenols is 3. The Bertz CT molecular complexity index is 3190. The largest absolute Gasteiger partial charge is 0.507 e. The average molecular weight is 964 g/mol. The van der Waals surface area contributed by atoms with E-state index in [1.807, 2.05) is 0 Å². The molecule has 6 rings (SSSR count). The van der Waals surface area contributed by atoms with E-state index in [4.69, 9.17) is 4.74 Å². The number of benzene rings is 6. The van der Waals surface area contributed by atoms with E-state index >= 15 is 0 Å². The summed E-state index contributed by atoms with van der Waals surface area (Å²) in [7, 11) is -13.4. The number of rotatable bonds is 13. The first-order valence-corrected chi connectivity index (χ1v) is 20.8. The molecular formula is C35H26N8Na3O15S3. The number of phenolic OH excluding ortho intramolecular Hbond substituents is 3. The number of nitrogens with one attached hydrogen (secondary N) is 1. The Labute approximate surface area is 428 Å².